The summed E-state index contributed by atoms with van der Waals surface area (Å²) in [7, 11) is 0. The van der Waals surface area contributed by atoms with Crippen LogP contribution < -0.4 is 10.6 Å². The topological polar surface area (TPSA) is 58.4 Å². The van der Waals surface area contributed by atoms with Gasteiger partial charge in [-0.2, -0.15) is 0 Å². The highest BCUT2D eigenvalue weighted by Crippen LogP contribution is 2.25. The maximum Gasteiger partial charge on any atom is 0.257 e. The minimum atomic E-state index is -0.218. The van der Waals surface area contributed by atoms with Crippen LogP contribution in [0.3, 0.4) is 0 Å². The molecule has 0 bridgehead atoms. The number of aryl methyl sites for hydroxylation is 5. The first-order valence-corrected chi connectivity index (χ1v) is 11.2. The zero-order valence-corrected chi connectivity index (χ0v) is 19.7. The molecule has 0 fully saturated rings. The van der Waals surface area contributed by atoms with Crippen molar-refractivity contribution in [1.29, 1.82) is 0 Å². The smallest absolute Gasteiger partial charge is 0.257 e. The third-order valence-electron chi connectivity index (χ3n) is 6.22. The number of benzene rings is 2. The van der Waals surface area contributed by atoms with Crippen molar-refractivity contribution in [2.45, 2.75) is 47.6 Å². The molecule has 1 amide bonds. The number of amides is 1. The minimum Gasteiger partial charge on any atom is -0.378 e. The van der Waals surface area contributed by atoms with Gasteiger partial charge in [0.05, 0.1) is 16.9 Å². The number of nitrogens with zero attached hydrogens (tertiary/aromatic N) is 2. The second-order valence-electron chi connectivity index (χ2n) is 8.46. The van der Waals surface area contributed by atoms with Crippen molar-refractivity contribution < 1.29 is 9.18 Å². The monoisotopic (exact) mass is 444 g/mol. The van der Waals surface area contributed by atoms with Crippen molar-refractivity contribution in [3.8, 4) is 0 Å². The fourth-order valence-electron chi connectivity index (χ4n) is 4.13. The number of nitrogens with one attached hydrogen (secondary N) is 2. The van der Waals surface area contributed by atoms with Crippen molar-refractivity contribution in [3.63, 3.8) is 0 Å². The first-order chi connectivity index (χ1) is 15.8. The van der Waals surface area contributed by atoms with E-state index >= 15 is 0 Å². The number of fused-ring (bicyclic) bond motifs is 1. The highest BCUT2D eigenvalue weighted by Gasteiger charge is 2.16. The summed E-state index contributed by atoms with van der Waals surface area (Å²) in [6.07, 6.45) is 2.57. The van der Waals surface area contributed by atoms with Crippen LogP contribution in [-0.2, 0) is 13.0 Å². The quantitative estimate of drug-likeness (QED) is 0.376. The Labute approximate surface area is 193 Å². The van der Waals surface area contributed by atoms with Crippen LogP contribution in [-0.4, -0.2) is 15.3 Å². The standard InChI is InChI=1S/C27H29FN4O/c1-6-20-12-22(28)11-17(3)23(20)14-29-25-13-21(15-32-19(5)18(4)30-26(25)32)27(33)31-24-10-8-7-9-16(24)2/h7-13,15,29H,6,14H2,1-5H3,(H,31,33). The molecule has 0 aliphatic heterocycles. The fraction of sp³-hybridized carbons (Fsp3) is 0.259. The van der Waals surface area contributed by atoms with Gasteiger partial charge in [0, 0.05) is 24.1 Å². The number of imidazole rings is 1. The van der Waals surface area contributed by atoms with Gasteiger partial charge in [-0.05, 0) is 80.6 Å². The molecule has 170 valence electrons. The summed E-state index contributed by atoms with van der Waals surface area (Å²) in [5, 5.41) is 6.47. The lowest BCUT2D eigenvalue weighted by Crippen LogP contribution is -2.15. The number of aromatic nitrogens is 2. The van der Waals surface area contributed by atoms with E-state index in [0.29, 0.717) is 12.1 Å². The van der Waals surface area contributed by atoms with Gasteiger partial charge in [-0.3, -0.25) is 4.79 Å². The van der Waals surface area contributed by atoms with Crippen molar-refractivity contribution in [1.82, 2.24) is 9.38 Å². The van der Waals surface area contributed by atoms with E-state index < -0.39 is 0 Å². The molecule has 0 atom stereocenters. The molecule has 5 nitrogen and oxygen atoms in total. The van der Waals surface area contributed by atoms with Gasteiger partial charge in [-0.1, -0.05) is 25.1 Å². The Bertz CT molecular complexity index is 1360. The van der Waals surface area contributed by atoms with Crippen LogP contribution in [0.5, 0.6) is 0 Å². The normalized spacial score (nSPS) is 11.1. The maximum atomic E-state index is 13.9. The Morgan fingerprint density at radius 1 is 1.03 bits per heavy atom. The predicted molar refractivity (Wildman–Crippen MR) is 132 cm³/mol. The lowest BCUT2D eigenvalue weighted by Gasteiger charge is -2.16. The van der Waals surface area contributed by atoms with E-state index in [2.05, 4.69) is 10.6 Å². The minimum absolute atomic E-state index is 0.188. The van der Waals surface area contributed by atoms with Gasteiger partial charge < -0.3 is 15.0 Å². The SMILES string of the molecule is CCc1cc(F)cc(C)c1CNc1cc(C(=O)Nc2ccccc2C)cn2c(C)c(C)nc12. The third-order valence-corrected chi connectivity index (χ3v) is 6.22. The summed E-state index contributed by atoms with van der Waals surface area (Å²) >= 11 is 0. The summed E-state index contributed by atoms with van der Waals surface area (Å²) in [6.45, 7) is 10.4. The van der Waals surface area contributed by atoms with Gasteiger partial charge in [0.15, 0.2) is 5.65 Å². The summed E-state index contributed by atoms with van der Waals surface area (Å²) in [6, 6.07) is 12.7. The average Bonchev–Trinajstić information content (AvgIpc) is 3.07. The Balaban J connectivity index is 1.72. The Kier molecular flexibility index (Phi) is 6.18. The first-order valence-electron chi connectivity index (χ1n) is 11.2. The molecule has 0 spiro atoms. The summed E-state index contributed by atoms with van der Waals surface area (Å²) in [5.74, 6) is -0.405. The number of para-hydroxylation sites is 1. The highest BCUT2D eigenvalue weighted by atomic mass is 19.1. The highest BCUT2D eigenvalue weighted by molar-refractivity contribution is 6.05. The molecular formula is C27H29FN4O. The van der Waals surface area contributed by atoms with E-state index in [9.17, 15) is 9.18 Å². The predicted octanol–water partition coefficient (Wildman–Crippen LogP) is 6.13. The van der Waals surface area contributed by atoms with Gasteiger partial charge in [-0.15, -0.1) is 0 Å². The van der Waals surface area contributed by atoms with E-state index in [0.717, 1.165) is 57.1 Å². The molecule has 2 aromatic heterocycles. The van der Waals surface area contributed by atoms with Crippen LogP contribution in [0.1, 0.15) is 50.9 Å². The van der Waals surface area contributed by atoms with Gasteiger partial charge in [0.2, 0.25) is 0 Å². The van der Waals surface area contributed by atoms with E-state index in [1.54, 1.807) is 12.1 Å². The zero-order chi connectivity index (χ0) is 23.7. The van der Waals surface area contributed by atoms with Crippen molar-refractivity contribution >= 4 is 22.9 Å². The van der Waals surface area contributed by atoms with Crippen molar-refractivity contribution in [2.24, 2.45) is 0 Å². The number of carbonyl (C=O) groups excluding carboxylic acids is 1. The molecule has 2 aromatic carbocycles. The number of rotatable bonds is 6. The maximum absolute atomic E-state index is 13.9. The molecule has 0 unspecified atom stereocenters. The van der Waals surface area contributed by atoms with Crippen LogP contribution >= 0.6 is 0 Å². The number of halogens is 1. The van der Waals surface area contributed by atoms with E-state index in [1.165, 1.54) is 0 Å². The number of hydrogen-bond donors (Lipinski definition) is 2. The zero-order valence-electron chi connectivity index (χ0n) is 19.7. The van der Waals surface area contributed by atoms with Crippen molar-refractivity contribution in [3.05, 3.63) is 93.7 Å². The molecule has 6 heteroatoms. The second-order valence-corrected chi connectivity index (χ2v) is 8.46. The molecule has 2 N–H and O–H groups in total. The van der Waals surface area contributed by atoms with Gasteiger partial charge in [0.25, 0.3) is 5.91 Å². The number of carbonyl (C=O) groups is 1. The summed E-state index contributed by atoms with van der Waals surface area (Å²) in [5.41, 5.74) is 8.65. The molecule has 0 saturated heterocycles. The van der Waals surface area contributed by atoms with Crippen LogP contribution in [0.15, 0.2) is 48.7 Å². The molecule has 0 aliphatic rings. The molecule has 0 aliphatic carbocycles. The van der Waals surface area contributed by atoms with Crippen LogP contribution in [0, 0.1) is 33.5 Å². The largest absolute Gasteiger partial charge is 0.378 e. The number of pyridine rings is 1. The van der Waals surface area contributed by atoms with Gasteiger partial charge in [0.1, 0.15) is 5.82 Å². The molecule has 0 radical (unpaired) electrons. The second kappa shape index (κ2) is 9.06. The molecule has 4 aromatic rings. The Morgan fingerprint density at radius 3 is 2.52 bits per heavy atom. The van der Waals surface area contributed by atoms with Crippen molar-refractivity contribution in [2.75, 3.05) is 10.6 Å². The summed E-state index contributed by atoms with van der Waals surface area (Å²) in [4.78, 5) is 17.8. The van der Waals surface area contributed by atoms with Crippen LogP contribution in [0.2, 0.25) is 0 Å². The molecule has 4 rings (SSSR count). The van der Waals surface area contributed by atoms with Gasteiger partial charge in [-0.25, -0.2) is 9.37 Å². The van der Waals surface area contributed by atoms with E-state index in [-0.39, 0.29) is 11.7 Å². The molecule has 33 heavy (non-hydrogen) atoms. The lowest BCUT2D eigenvalue weighted by atomic mass is 9.99. The molecular weight excluding hydrogens is 415 g/mol. The molecule has 2 heterocycles. The number of anilines is 2. The molecule has 0 saturated carbocycles. The lowest BCUT2D eigenvalue weighted by molar-refractivity contribution is 0.102. The van der Waals surface area contributed by atoms with E-state index in [4.69, 9.17) is 4.98 Å². The first kappa shape index (κ1) is 22.5. The van der Waals surface area contributed by atoms with Crippen LogP contribution in [0.4, 0.5) is 15.8 Å². The summed E-state index contributed by atoms with van der Waals surface area (Å²) < 4.78 is 15.8. The van der Waals surface area contributed by atoms with Crippen LogP contribution in [0.25, 0.3) is 5.65 Å². The number of hydrogen-bond acceptors (Lipinski definition) is 3. The Morgan fingerprint density at radius 2 is 1.79 bits per heavy atom. The fourth-order valence-corrected chi connectivity index (χ4v) is 4.13. The average molecular weight is 445 g/mol. The third kappa shape index (κ3) is 4.46. The Hall–Kier alpha value is -3.67. The van der Waals surface area contributed by atoms with Gasteiger partial charge >= 0.3 is 0 Å². The van der Waals surface area contributed by atoms with E-state index in [1.807, 2.05) is 75.5 Å².